The van der Waals surface area contributed by atoms with Crippen LogP contribution < -0.4 is 5.56 Å². The number of fused-ring (bicyclic) bond motifs is 1. The van der Waals surface area contributed by atoms with E-state index >= 15 is 0 Å². The lowest BCUT2D eigenvalue weighted by molar-refractivity contribution is -0.156. The van der Waals surface area contributed by atoms with E-state index in [1.54, 1.807) is 6.92 Å². The van der Waals surface area contributed by atoms with Gasteiger partial charge in [-0.25, -0.2) is 0 Å². The first-order valence-corrected chi connectivity index (χ1v) is 7.99. The Bertz CT molecular complexity index is 791. The molecule has 0 fully saturated rings. The minimum atomic E-state index is -1.33. The molecule has 3 rings (SSSR count). The Hall–Kier alpha value is -1.86. The number of ether oxygens (including phenoxy) is 1. The van der Waals surface area contributed by atoms with Crippen LogP contribution in [0.1, 0.15) is 29.7 Å². The maximum atomic E-state index is 12.4. The Kier molecular flexibility index (Phi) is 3.93. The molecular formula is C16H17BrN2O4. The van der Waals surface area contributed by atoms with Crippen molar-refractivity contribution in [2.75, 3.05) is 7.11 Å². The van der Waals surface area contributed by atoms with Gasteiger partial charge < -0.3 is 14.9 Å². The average Bonchev–Trinajstić information content (AvgIpc) is 2.85. The standard InChI is InChI=1S/C16H17BrN2O4/c1-16(22)7-10-12(14(20)19-18-10)11(13(16)15(21)23-2)8-3-5-9(17)6-4-8/h3-6,11,13,22H,7H2,1-2H3,(H2,18,19,20)/t11-,13+,16-/m0/s1. The lowest BCUT2D eigenvalue weighted by Gasteiger charge is -2.40. The molecule has 0 saturated heterocycles. The Morgan fingerprint density at radius 2 is 2.00 bits per heavy atom. The third kappa shape index (κ3) is 2.64. The fourth-order valence-electron chi connectivity index (χ4n) is 3.41. The molecule has 122 valence electrons. The summed E-state index contributed by atoms with van der Waals surface area (Å²) in [6.07, 6.45) is 0.174. The summed E-state index contributed by atoms with van der Waals surface area (Å²) < 4.78 is 5.79. The molecular weight excluding hydrogens is 364 g/mol. The molecule has 1 aromatic carbocycles. The average molecular weight is 381 g/mol. The van der Waals surface area contributed by atoms with Crippen LogP contribution in [0.2, 0.25) is 0 Å². The number of rotatable bonds is 2. The van der Waals surface area contributed by atoms with E-state index in [9.17, 15) is 14.7 Å². The molecule has 7 heteroatoms. The van der Waals surface area contributed by atoms with Crippen molar-refractivity contribution >= 4 is 21.9 Å². The molecule has 1 heterocycles. The zero-order valence-corrected chi connectivity index (χ0v) is 14.3. The highest BCUT2D eigenvalue weighted by Crippen LogP contribution is 2.44. The summed E-state index contributed by atoms with van der Waals surface area (Å²) >= 11 is 3.37. The number of aromatic amines is 2. The molecule has 2 aromatic rings. The molecule has 1 aliphatic carbocycles. The summed E-state index contributed by atoms with van der Waals surface area (Å²) in [5, 5.41) is 16.2. The SMILES string of the molecule is COC(=O)[C@H]1[C@@H](c2ccc(Br)cc2)c2c([nH][nH]c2=O)C[C@]1(C)O. The normalized spacial score (nSPS) is 26.6. The minimum Gasteiger partial charge on any atom is -0.469 e. The minimum absolute atomic E-state index is 0.174. The predicted molar refractivity (Wildman–Crippen MR) is 87.2 cm³/mol. The van der Waals surface area contributed by atoms with Crippen LogP contribution in [-0.4, -0.2) is 34.0 Å². The van der Waals surface area contributed by atoms with Crippen molar-refractivity contribution in [3.63, 3.8) is 0 Å². The molecule has 6 nitrogen and oxygen atoms in total. The third-order valence-electron chi connectivity index (χ3n) is 4.43. The first kappa shape index (κ1) is 16.0. The number of methoxy groups -OCH3 is 1. The van der Waals surface area contributed by atoms with Crippen LogP contribution in [0, 0.1) is 5.92 Å². The highest BCUT2D eigenvalue weighted by atomic mass is 79.9. The fraction of sp³-hybridized carbons (Fsp3) is 0.375. The number of hydrogen-bond acceptors (Lipinski definition) is 4. The maximum Gasteiger partial charge on any atom is 0.312 e. The van der Waals surface area contributed by atoms with Gasteiger partial charge >= 0.3 is 5.97 Å². The Morgan fingerprint density at radius 1 is 1.35 bits per heavy atom. The molecule has 0 spiro atoms. The summed E-state index contributed by atoms with van der Waals surface area (Å²) in [5.41, 5.74) is 0.262. The van der Waals surface area contributed by atoms with Crippen LogP contribution in [-0.2, 0) is 16.0 Å². The second kappa shape index (κ2) is 5.65. The van der Waals surface area contributed by atoms with E-state index in [1.165, 1.54) is 7.11 Å². The molecule has 3 N–H and O–H groups in total. The van der Waals surface area contributed by atoms with Gasteiger partial charge in [0.25, 0.3) is 5.56 Å². The summed E-state index contributed by atoms with van der Waals surface area (Å²) in [5.74, 6) is -1.98. The van der Waals surface area contributed by atoms with E-state index in [0.29, 0.717) is 11.3 Å². The summed E-state index contributed by atoms with van der Waals surface area (Å²) in [6.45, 7) is 1.59. The van der Waals surface area contributed by atoms with Crippen LogP contribution in [0.3, 0.4) is 0 Å². The second-order valence-corrected chi connectivity index (χ2v) is 6.95. The highest BCUT2D eigenvalue weighted by molar-refractivity contribution is 9.10. The number of carbonyl (C=O) groups is 1. The topological polar surface area (TPSA) is 95.2 Å². The number of carbonyl (C=O) groups excluding carboxylic acids is 1. The van der Waals surface area contributed by atoms with E-state index in [0.717, 1.165) is 10.0 Å². The number of benzene rings is 1. The van der Waals surface area contributed by atoms with Gasteiger partial charge in [-0.1, -0.05) is 28.1 Å². The van der Waals surface area contributed by atoms with E-state index in [4.69, 9.17) is 4.74 Å². The third-order valence-corrected chi connectivity index (χ3v) is 4.96. The van der Waals surface area contributed by atoms with Gasteiger partial charge in [0, 0.05) is 28.1 Å². The summed E-state index contributed by atoms with van der Waals surface area (Å²) in [7, 11) is 1.29. The van der Waals surface area contributed by atoms with Gasteiger partial charge in [-0.05, 0) is 24.6 Å². The number of halogens is 1. The molecule has 0 saturated carbocycles. The number of hydrogen-bond donors (Lipinski definition) is 3. The lowest BCUT2D eigenvalue weighted by Crippen LogP contribution is -2.49. The molecule has 3 atom stereocenters. The summed E-state index contributed by atoms with van der Waals surface area (Å²) in [6, 6.07) is 7.35. The second-order valence-electron chi connectivity index (χ2n) is 6.04. The first-order valence-electron chi connectivity index (χ1n) is 7.20. The van der Waals surface area contributed by atoms with Gasteiger partial charge in [-0.15, -0.1) is 0 Å². The largest absolute Gasteiger partial charge is 0.469 e. The van der Waals surface area contributed by atoms with Crippen molar-refractivity contribution in [2.24, 2.45) is 5.92 Å². The Morgan fingerprint density at radius 3 is 2.61 bits per heavy atom. The Labute approximate surface area is 141 Å². The van der Waals surface area contributed by atoms with E-state index in [2.05, 4.69) is 26.1 Å². The van der Waals surface area contributed by atoms with Crippen LogP contribution >= 0.6 is 15.9 Å². The van der Waals surface area contributed by atoms with Crippen LogP contribution in [0.4, 0.5) is 0 Å². The number of aliphatic hydroxyl groups is 1. The van der Waals surface area contributed by atoms with Crippen molar-refractivity contribution in [2.45, 2.75) is 24.9 Å². The van der Waals surface area contributed by atoms with Crippen molar-refractivity contribution in [1.82, 2.24) is 10.2 Å². The van der Waals surface area contributed by atoms with Gasteiger partial charge in [-0.2, -0.15) is 0 Å². The van der Waals surface area contributed by atoms with Gasteiger partial charge in [0.15, 0.2) is 0 Å². The lowest BCUT2D eigenvalue weighted by atomic mass is 9.66. The molecule has 23 heavy (non-hydrogen) atoms. The van der Waals surface area contributed by atoms with E-state index in [-0.39, 0.29) is 12.0 Å². The van der Waals surface area contributed by atoms with E-state index in [1.807, 2.05) is 24.3 Å². The molecule has 1 aliphatic rings. The monoisotopic (exact) mass is 380 g/mol. The molecule has 0 unspecified atom stereocenters. The summed E-state index contributed by atoms with van der Waals surface area (Å²) in [4.78, 5) is 24.6. The van der Waals surface area contributed by atoms with Crippen molar-refractivity contribution in [3.8, 4) is 0 Å². The molecule has 0 bridgehead atoms. The predicted octanol–water partition coefficient (Wildman–Crippen LogP) is 1.69. The quantitative estimate of drug-likeness (QED) is 0.690. The zero-order chi connectivity index (χ0) is 16.8. The molecule has 0 amide bonds. The van der Waals surface area contributed by atoms with Crippen molar-refractivity contribution < 1.29 is 14.6 Å². The van der Waals surface area contributed by atoms with Gasteiger partial charge in [0.2, 0.25) is 0 Å². The fourth-order valence-corrected chi connectivity index (χ4v) is 3.68. The van der Waals surface area contributed by atoms with E-state index < -0.39 is 23.4 Å². The van der Waals surface area contributed by atoms with Crippen LogP contribution in [0.5, 0.6) is 0 Å². The highest BCUT2D eigenvalue weighted by Gasteiger charge is 2.50. The Balaban J connectivity index is 2.24. The molecule has 0 aliphatic heterocycles. The smallest absolute Gasteiger partial charge is 0.312 e. The van der Waals surface area contributed by atoms with Crippen LogP contribution in [0.15, 0.2) is 33.5 Å². The molecule has 0 radical (unpaired) electrons. The number of aromatic nitrogens is 2. The molecule has 1 aromatic heterocycles. The number of esters is 1. The number of H-pyrrole nitrogens is 2. The van der Waals surface area contributed by atoms with Crippen LogP contribution in [0.25, 0.3) is 0 Å². The zero-order valence-electron chi connectivity index (χ0n) is 12.7. The van der Waals surface area contributed by atoms with Crippen molar-refractivity contribution in [3.05, 3.63) is 55.9 Å². The first-order chi connectivity index (χ1) is 10.8. The van der Waals surface area contributed by atoms with Gasteiger partial charge in [0.1, 0.15) is 0 Å². The van der Waals surface area contributed by atoms with Gasteiger partial charge in [0.05, 0.1) is 18.6 Å². The maximum absolute atomic E-state index is 12.4. The van der Waals surface area contributed by atoms with Gasteiger partial charge in [-0.3, -0.25) is 14.7 Å². The van der Waals surface area contributed by atoms with Crippen molar-refractivity contribution in [1.29, 1.82) is 0 Å². The number of nitrogens with one attached hydrogen (secondary N) is 2.